The van der Waals surface area contributed by atoms with Gasteiger partial charge in [-0.05, 0) is 6.92 Å². The van der Waals surface area contributed by atoms with E-state index in [-0.39, 0.29) is 5.41 Å². The van der Waals surface area contributed by atoms with E-state index >= 15 is 0 Å². The molecule has 0 amide bonds. The van der Waals surface area contributed by atoms with Crippen LogP contribution in [0.25, 0.3) is 0 Å². The third kappa shape index (κ3) is 1.49. The highest BCUT2D eigenvalue weighted by atomic mass is 15.3. The van der Waals surface area contributed by atoms with Crippen LogP contribution in [0.2, 0.25) is 0 Å². The first kappa shape index (κ1) is 7.58. The quantitative estimate of drug-likeness (QED) is 0.545. The van der Waals surface area contributed by atoms with Gasteiger partial charge in [0.25, 0.3) is 0 Å². The van der Waals surface area contributed by atoms with Crippen LogP contribution in [0.1, 0.15) is 34.1 Å². The molecule has 0 fully saturated rings. The van der Waals surface area contributed by atoms with E-state index in [0.717, 1.165) is 6.42 Å². The van der Waals surface area contributed by atoms with Gasteiger partial charge in [0.1, 0.15) is 0 Å². The Kier molecular flexibility index (Phi) is 1.71. The lowest BCUT2D eigenvalue weighted by molar-refractivity contribution is 0.578. The second kappa shape index (κ2) is 2.26. The second-order valence-corrected chi connectivity index (χ2v) is 4.04. The highest BCUT2D eigenvalue weighted by Gasteiger charge is 2.24. The molecular weight excluding hydrogens is 124 g/mol. The first-order valence-corrected chi connectivity index (χ1v) is 3.83. The smallest absolute Gasteiger partial charge is 0.0465 e. The van der Waals surface area contributed by atoms with Crippen LogP contribution in [0.4, 0.5) is 0 Å². The predicted octanol–water partition coefficient (Wildman–Crippen LogP) is 1.77. The summed E-state index contributed by atoms with van der Waals surface area (Å²) in [4.78, 5) is 0. The molecule has 0 aromatic carbocycles. The van der Waals surface area contributed by atoms with Crippen LogP contribution < -0.4 is 5.43 Å². The summed E-state index contributed by atoms with van der Waals surface area (Å²) in [6, 6.07) is 0.536. The summed E-state index contributed by atoms with van der Waals surface area (Å²) < 4.78 is 0. The maximum atomic E-state index is 4.25. The Bertz CT molecular complexity index is 153. The van der Waals surface area contributed by atoms with Crippen molar-refractivity contribution in [1.82, 2.24) is 5.43 Å². The van der Waals surface area contributed by atoms with Crippen molar-refractivity contribution in [3.05, 3.63) is 0 Å². The summed E-state index contributed by atoms with van der Waals surface area (Å²) in [5.74, 6) is 0. The fourth-order valence-corrected chi connectivity index (χ4v) is 1.04. The Morgan fingerprint density at radius 3 is 2.30 bits per heavy atom. The molecule has 1 atom stereocenters. The maximum Gasteiger partial charge on any atom is 0.0465 e. The van der Waals surface area contributed by atoms with E-state index in [4.69, 9.17) is 0 Å². The van der Waals surface area contributed by atoms with Gasteiger partial charge in [0, 0.05) is 23.6 Å². The summed E-state index contributed by atoms with van der Waals surface area (Å²) in [5, 5.41) is 4.25. The largest absolute Gasteiger partial charge is 0.307 e. The molecule has 58 valence electrons. The molecule has 0 aromatic heterocycles. The summed E-state index contributed by atoms with van der Waals surface area (Å²) in [6.45, 7) is 8.75. The summed E-state index contributed by atoms with van der Waals surface area (Å²) in [7, 11) is 0. The zero-order chi connectivity index (χ0) is 7.78. The van der Waals surface area contributed by atoms with Gasteiger partial charge in [0.2, 0.25) is 0 Å². The lowest BCUT2D eigenvalue weighted by Crippen LogP contribution is -2.20. The molecule has 1 aliphatic rings. The lowest BCUT2D eigenvalue weighted by Gasteiger charge is -2.17. The van der Waals surface area contributed by atoms with Gasteiger partial charge in [-0.25, -0.2) is 0 Å². The number of nitrogens with one attached hydrogen (secondary N) is 1. The van der Waals surface area contributed by atoms with Crippen molar-refractivity contribution in [1.29, 1.82) is 0 Å². The van der Waals surface area contributed by atoms with Gasteiger partial charge in [-0.2, -0.15) is 5.10 Å². The maximum absolute atomic E-state index is 4.25. The van der Waals surface area contributed by atoms with Crippen molar-refractivity contribution in [3.8, 4) is 0 Å². The van der Waals surface area contributed by atoms with E-state index in [1.165, 1.54) is 5.71 Å². The lowest BCUT2D eigenvalue weighted by atomic mass is 9.87. The van der Waals surface area contributed by atoms with Crippen LogP contribution in [-0.4, -0.2) is 11.8 Å². The molecule has 2 heteroatoms. The number of hydrazone groups is 1. The van der Waals surface area contributed by atoms with E-state index in [9.17, 15) is 0 Å². The fraction of sp³-hybridized carbons (Fsp3) is 0.875. The molecule has 0 spiro atoms. The van der Waals surface area contributed by atoms with Crippen LogP contribution in [0.3, 0.4) is 0 Å². The predicted molar refractivity (Wildman–Crippen MR) is 44.1 cm³/mol. The molecule has 0 saturated carbocycles. The van der Waals surface area contributed by atoms with Crippen molar-refractivity contribution in [2.24, 2.45) is 10.5 Å². The molecule has 1 aliphatic heterocycles. The molecule has 1 rings (SSSR count). The minimum absolute atomic E-state index is 0.248. The van der Waals surface area contributed by atoms with E-state index in [1.807, 2.05) is 0 Å². The summed E-state index contributed by atoms with van der Waals surface area (Å²) in [6.07, 6.45) is 1.10. The molecule has 1 unspecified atom stereocenters. The van der Waals surface area contributed by atoms with Crippen molar-refractivity contribution in [2.75, 3.05) is 0 Å². The Hall–Kier alpha value is -0.530. The average molecular weight is 140 g/mol. The Balaban J connectivity index is 2.60. The van der Waals surface area contributed by atoms with E-state index in [1.54, 1.807) is 0 Å². The van der Waals surface area contributed by atoms with E-state index in [0.29, 0.717) is 6.04 Å². The standard InChI is InChI=1S/C8H16N2/c1-6-5-7(10-9-6)8(2,3)4/h6,9H,5H2,1-4H3. The second-order valence-electron chi connectivity index (χ2n) is 4.04. The van der Waals surface area contributed by atoms with Crippen molar-refractivity contribution >= 4 is 5.71 Å². The van der Waals surface area contributed by atoms with Crippen LogP contribution in [-0.2, 0) is 0 Å². The van der Waals surface area contributed by atoms with Gasteiger partial charge in [0.15, 0.2) is 0 Å². The van der Waals surface area contributed by atoms with E-state index in [2.05, 4.69) is 38.2 Å². The Labute approximate surface area is 62.7 Å². The van der Waals surface area contributed by atoms with Crippen LogP contribution in [0.5, 0.6) is 0 Å². The normalized spacial score (nSPS) is 26.0. The third-order valence-corrected chi connectivity index (χ3v) is 1.79. The molecule has 2 nitrogen and oxygen atoms in total. The number of nitrogens with zero attached hydrogens (tertiary/aromatic N) is 1. The van der Waals surface area contributed by atoms with E-state index < -0.39 is 0 Å². The monoisotopic (exact) mass is 140 g/mol. The first-order valence-electron chi connectivity index (χ1n) is 3.83. The van der Waals surface area contributed by atoms with Gasteiger partial charge in [-0.3, -0.25) is 0 Å². The minimum atomic E-state index is 0.248. The van der Waals surface area contributed by atoms with Crippen LogP contribution in [0.15, 0.2) is 5.10 Å². The van der Waals surface area contributed by atoms with Gasteiger partial charge in [-0.15, -0.1) is 0 Å². The SMILES string of the molecule is CC1CC(C(C)(C)C)=NN1. The zero-order valence-electron chi connectivity index (χ0n) is 7.23. The molecule has 0 bridgehead atoms. The van der Waals surface area contributed by atoms with Gasteiger partial charge < -0.3 is 5.43 Å². The van der Waals surface area contributed by atoms with Gasteiger partial charge in [0.05, 0.1) is 0 Å². The Morgan fingerprint density at radius 2 is 2.10 bits per heavy atom. The molecule has 1 N–H and O–H groups in total. The van der Waals surface area contributed by atoms with Gasteiger partial charge in [-0.1, -0.05) is 20.8 Å². The number of hydrogen-bond acceptors (Lipinski definition) is 2. The molecular formula is C8H16N2. The molecule has 1 heterocycles. The fourth-order valence-electron chi connectivity index (χ4n) is 1.04. The molecule has 10 heavy (non-hydrogen) atoms. The summed E-state index contributed by atoms with van der Waals surface area (Å²) in [5.41, 5.74) is 4.60. The molecule has 0 aliphatic carbocycles. The topological polar surface area (TPSA) is 24.4 Å². The molecule has 0 saturated heterocycles. The third-order valence-electron chi connectivity index (χ3n) is 1.79. The minimum Gasteiger partial charge on any atom is -0.307 e. The van der Waals surface area contributed by atoms with Crippen molar-refractivity contribution < 1.29 is 0 Å². The zero-order valence-corrected chi connectivity index (χ0v) is 7.23. The van der Waals surface area contributed by atoms with Gasteiger partial charge >= 0.3 is 0 Å². The number of hydrogen-bond donors (Lipinski definition) is 1. The highest BCUT2D eigenvalue weighted by molar-refractivity contribution is 5.90. The van der Waals surface area contributed by atoms with Crippen LogP contribution >= 0.6 is 0 Å². The molecule has 0 aromatic rings. The summed E-state index contributed by atoms with van der Waals surface area (Å²) >= 11 is 0. The average Bonchev–Trinajstić information content (AvgIpc) is 2.11. The molecule has 0 radical (unpaired) electrons. The Morgan fingerprint density at radius 1 is 1.50 bits per heavy atom. The van der Waals surface area contributed by atoms with Crippen molar-refractivity contribution in [2.45, 2.75) is 40.2 Å². The highest BCUT2D eigenvalue weighted by Crippen LogP contribution is 2.21. The number of rotatable bonds is 0. The van der Waals surface area contributed by atoms with Crippen LogP contribution in [0, 0.1) is 5.41 Å². The first-order chi connectivity index (χ1) is 4.50. The van der Waals surface area contributed by atoms with Crippen molar-refractivity contribution in [3.63, 3.8) is 0 Å².